The van der Waals surface area contributed by atoms with Crippen molar-refractivity contribution in [3.05, 3.63) is 53.1 Å². The summed E-state index contributed by atoms with van der Waals surface area (Å²) < 4.78 is 33.1. The molecule has 0 bridgehead atoms. The van der Waals surface area contributed by atoms with Crippen LogP contribution in [0.2, 0.25) is 0 Å². The van der Waals surface area contributed by atoms with Crippen molar-refractivity contribution in [2.75, 3.05) is 11.9 Å². The minimum Gasteiger partial charge on any atom is -0.491 e. The summed E-state index contributed by atoms with van der Waals surface area (Å²) in [5, 5.41) is 2.66. The molecule has 0 aliphatic carbocycles. The first-order chi connectivity index (χ1) is 12.6. The molecule has 2 rings (SSSR count). The van der Waals surface area contributed by atoms with Crippen molar-refractivity contribution in [3.63, 3.8) is 0 Å². The Balaban J connectivity index is 2.00. The standard InChI is InChI=1S/C20H26N2O4S/c1-13(2)26-18-8-6-17(7-9-18)22-19(23)12-21-27(24,25)20-15(4)10-14(3)11-16(20)5/h6-11,13,21H,12H2,1-5H3,(H,22,23). The highest BCUT2D eigenvalue weighted by atomic mass is 32.2. The van der Waals surface area contributed by atoms with Crippen LogP contribution < -0.4 is 14.8 Å². The topological polar surface area (TPSA) is 84.5 Å². The highest BCUT2D eigenvalue weighted by Gasteiger charge is 2.20. The first-order valence-corrected chi connectivity index (χ1v) is 10.2. The van der Waals surface area contributed by atoms with E-state index >= 15 is 0 Å². The fourth-order valence-corrected chi connectivity index (χ4v) is 4.35. The predicted molar refractivity (Wildman–Crippen MR) is 107 cm³/mol. The van der Waals surface area contributed by atoms with Gasteiger partial charge >= 0.3 is 0 Å². The number of hydrogen-bond donors (Lipinski definition) is 2. The average Bonchev–Trinajstić information content (AvgIpc) is 2.53. The molecule has 0 unspecified atom stereocenters. The summed E-state index contributed by atoms with van der Waals surface area (Å²) in [6, 6.07) is 10.5. The Kier molecular flexibility index (Phi) is 6.62. The second-order valence-electron chi connectivity index (χ2n) is 6.79. The lowest BCUT2D eigenvalue weighted by Crippen LogP contribution is -2.33. The van der Waals surface area contributed by atoms with Crippen LogP contribution in [-0.4, -0.2) is 27.0 Å². The van der Waals surface area contributed by atoms with Crippen molar-refractivity contribution in [2.24, 2.45) is 0 Å². The van der Waals surface area contributed by atoms with E-state index in [4.69, 9.17) is 4.74 Å². The zero-order valence-electron chi connectivity index (χ0n) is 16.3. The first-order valence-electron chi connectivity index (χ1n) is 8.72. The van der Waals surface area contributed by atoms with E-state index in [0.717, 1.165) is 5.56 Å². The Morgan fingerprint density at radius 2 is 1.59 bits per heavy atom. The Morgan fingerprint density at radius 3 is 2.11 bits per heavy atom. The second kappa shape index (κ2) is 8.54. The van der Waals surface area contributed by atoms with Crippen molar-refractivity contribution in [1.82, 2.24) is 4.72 Å². The van der Waals surface area contributed by atoms with Crippen LogP contribution in [-0.2, 0) is 14.8 Å². The Hall–Kier alpha value is -2.38. The van der Waals surface area contributed by atoms with Crippen LogP contribution in [0.4, 0.5) is 5.69 Å². The lowest BCUT2D eigenvalue weighted by atomic mass is 10.1. The summed E-state index contributed by atoms with van der Waals surface area (Å²) in [6.07, 6.45) is 0.0635. The lowest BCUT2D eigenvalue weighted by molar-refractivity contribution is -0.115. The quantitative estimate of drug-likeness (QED) is 0.760. The van der Waals surface area contributed by atoms with Gasteiger partial charge in [-0.2, -0.15) is 0 Å². The number of anilines is 1. The summed E-state index contributed by atoms with van der Waals surface area (Å²) in [7, 11) is -3.78. The highest BCUT2D eigenvalue weighted by molar-refractivity contribution is 7.89. The molecule has 27 heavy (non-hydrogen) atoms. The van der Waals surface area contributed by atoms with E-state index < -0.39 is 15.9 Å². The summed E-state index contributed by atoms with van der Waals surface area (Å²) in [5.74, 6) is 0.257. The molecule has 146 valence electrons. The first kappa shape index (κ1) is 20.9. The molecule has 6 nitrogen and oxygen atoms in total. The molecule has 0 saturated carbocycles. The molecule has 7 heteroatoms. The molecular formula is C20H26N2O4S. The molecule has 0 aromatic heterocycles. The summed E-state index contributed by atoms with van der Waals surface area (Å²) in [6.45, 7) is 8.91. The van der Waals surface area contributed by atoms with Crippen molar-refractivity contribution in [2.45, 2.75) is 45.6 Å². The number of nitrogens with one attached hydrogen (secondary N) is 2. The van der Waals surface area contributed by atoms with E-state index in [0.29, 0.717) is 22.6 Å². The number of ether oxygens (including phenoxy) is 1. The number of carbonyl (C=O) groups is 1. The van der Waals surface area contributed by atoms with Gasteiger partial charge in [-0.25, -0.2) is 13.1 Å². The molecule has 1 amide bonds. The zero-order valence-corrected chi connectivity index (χ0v) is 17.1. The van der Waals surface area contributed by atoms with Crippen molar-refractivity contribution < 1.29 is 17.9 Å². The number of rotatable bonds is 7. The Morgan fingerprint density at radius 1 is 1.04 bits per heavy atom. The fourth-order valence-electron chi connectivity index (χ4n) is 2.92. The molecular weight excluding hydrogens is 364 g/mol. The van der Waals surface area contributed by atoms with Gasteiger partial charge in [0.2, 0.25) is 15.9 Å². The number of benzene rings is 2. The van der Waals surface area contributed by atoms with Crippen LogP contribution in [0.5, 0.6) is 5.75 Å². The summed E-state index contributed by atoms with van der Waals surface area (Å²) >= 11 is 0. The molecule has 2 aromatic carbocycles. The van der Waals surface area contributed by atoms with Crippen LogP contribution in [0, 0.1) is 20.8 Å². The lowest BCUT2D eigenvalue weighted by Gasteiger charge is -2.13. The van der Waals surface area contributed by atoms with Crippen molar-refractivity contribution >= 4 is 21.6 Å². The minimum atomic E-state index is -3.78. The molecule has 0 aliphatic rings. The van der Waals surface area contributed by atoms with Gasteiger partial charge in [-0.1, -0.05) is 17.7 Å². The SMILES string of the molecule is Cc1cc(C)c(S(=O)(=O)NCC(=O)Nc2ccc(OC(C)C)cc2)c(C)c1. The van der Waals surface area contributed by atoms with E-state index in [1.54, 1.807) is 38.1 Å². The van der Waals surface area contributed by atoms with Gasteiger partial charge in [0, 0.05) is 5.69 Å². The predicted octanol–water partition coefficient (Wildman–Crippen LogP) is 3.32. The van der Waals surface area contributed by atoms with Crippen LogP contribution in [0.3, 0.4) is 0 Å². The van der Waals surface area contributed by atoms with Gasteiger partial charge in [0.05, 0.1) is 17.5 Å². The van der Waals surface area contributed by atoms with Gasteiger partial charge < -0.3 is 10.1 Å². The maximum absolute atomic E-state index is 12.6. The smallest absolute Gasteiger partial charge is 0.241 e. The minimum absolute atomic E-state index is 0.0635. The monoisotopic (exact) mass is 390 g/mol. The molecule has 0 aliphatic heterocycles. The molecule has 2 N–H and O–H groups in total. The third-order valence-electron chi connectivity index (χ3n) is 3.81. The average molecular weight is 391 g/mol. The third-order valence-corrected chi connectivity index (χ3v) is 5.51. The van der Waals surface area contributed by atoms with E-state index in [1.165, 1.54) is 0 Å². The zero-order chi connectivity index (χ0) is 20.2. The number of sulfonamides is 1. The Bertz CT molecular complexity index is 896. The van der Waals surface area contributed by atoms with Gasteiger partial charge in [0.25, 0.3) is 0 Å². The third kappa shape index (κ3) is 5.80. The molecule has 0 saturated heterocycles. The van der Waals surface area contributed by atoms with Gasteiger partial charge in [0.1, 0.15) is 5.75 Å². The van der Waals surface area contributed by atoms with E-state index in [2.05, 4.69) is 10.0 Å². The molecule has 0 radical (unpaired) electrons. The van der Waals surface area contributed by atoms with Crippen LogP contribution in [0.15, 0.2) is 41.3 Å². The molecule has 0 atom stereocenters. The van der Waals surface area contributed by atoms with Gasteiger partial charge in [-0.3, -0.25) is 4.79 Å². The van der Waals surface area contributed by atoms with E-state index in [9.17, 15) is 13.2 Å². The summed E-state index contributed by atoms with van der Waals surface area (Å²) in [5.41, 5.74) is 2.87. The number of carbonyl (C=O) groups excluding carboxylic acids is 1. The maximum atomic E-state index is 12.6. The maximum Gasteiger partial charge on any atom is 0.241 e. The molecule has 0 spiro atoms. The van der Waals surface area contributed by atoms with Crippen LogP contribution in [0.25, 0.3) is 0 Å². The van der Waals surface area contributed by atoms with E-state index in [1.807, 2.05) is 32.9 Å². The molecule has 2 aromatic rings. The summed E-state index contributed by atoms with van der Waals surface area (Å²) in [4.78, 5) is 12.3. The van der Waals surface area contributed by atoms with Gasteiger partial charge in [-0.15, -0.1) is 0 Å². The van der Waals surface area contributed by atoms with Crippen molar-refractivity contribution in [1.29, 1.82) is 0 Å². The normalized spacial score (nSPS) is 11.5. The highest BCUT2D eigenvalue weighted by Crippen LogP contribution is 2.21. The fraction of sp³-hybridized carbons (Fsp3) is 0.350. The van der Waals surface area contributed by atoms with E-state index in [-0.39, 0.29) is 17.5 Å². The molecule has 0 heterocycles. The number of hydrogen-bond acceptors (Lipinski definition) is 4. The largest absolute Gasteiger partial charge is 0.491 e. The Labute approximate surface area is 161 Å². The van der Waals surface area contributed by atoms with Gasteiger partial charge in [0.15, 0.2) is 0 Å². The number of aryl methyl sites for hydroxylation is 3. The van der Waals surface area contributed by atoms with Gasteiger partial charge in [-0.05, 0) is 70.0 Å². The number of amides is 1. The van der Waals surface area contributed by atoms with Crippen LogP contribution >= 0.6 is 0 Å². The van der Waals surface area contributed by atoms with Crippen molar-refractivity contribution in [3.8, 4) is 5.75 Å². The molecule has 0 fully saturated rings. The second-order valence-corrected chi connectivity index (χ2v) is 8.50. The van der Waals surface area contributed by atoms with Crippen LogP contribution in [0.1, 0.15) is 30.5 Å².